The SMILES string of the molecule is CC(NC(=O)CN(C)c1ccccc1Oc1ccccc1)C1CC1. The Labute approximate surface area is 143 Å². The summed E-state index contributed by atoms with van der Waals surface area (Å²) in [6.45, 7) is 2.40. The topological polar surface area (TPSA) is 41.6 Å². The monoisotopic (exact) mass is 324 g/mol. The smallest absolute Gasteiger partial charge is 0.239 e. The second-order valence-corrected chi connectivity index (χ2v) is 6.43. The van der Waals surface area contributed by atoms with Crippen LogP contribution in [0, 0.1) is 5.92 Å². The van der Waals surface area contributed by atoms with E-state index in [1.165, 1.54) is 12.8 Å². The standard InChI is InChI=1S/C20H24N2O2/c1-15(16-12-13-16)21-20(23)14-22(2)18-10-6-7-11-19(18)24-17-8-4-3-5-9-17/h3-11,15-16H,12-14H2,1-2H3,(H,21,23). The summed E-state index contributed by atoms with van der Waals surface area (Å²) in [5.74, 6) is 2.23. The van der Waals surface area contributed by atoms with Crippen LogP contribution in [0.2, 0.25) is 0 Å². The van der Waals surface area contributed by atoms with E-state index >= 15 is 0 Å². The number of benzene rings is 2. The Morgan fingerprint density at radius 3 is 2.54 bits per heavy atom. The molecular weight excluding hydrogens is 300 g/mol. The van der Waals surface area contributed by atoms with Crippen LogP contribution in [0.3, 0.4) is 0 Å². The van der Waals surface area contributed by atoms with Crippen molar-refractivity contribution in [3.63, 3.8) is 0 Å². The van der Waals surface area contributed by atoms with Crippen molar-refractivity contribution >= 4 is 11.6 Å². The van der Waals surface area contributed by atoms with E-state index < -0.39 is 0 Å². The second-order valence-electron chi connectivity index (χ2n) is 6.43. The highest BCUT2D eigenvalue weighted by atomic mass is 16.5. The normalized spacial score (nSPS) is 14.8. The molecule has 2 aromatic carbocycles. The number of nitrogens with zero attached hydrogens (tertiary/aromatic N) is 1. The molecule has 4 heteroatoms. The molecule has 0 bridgehead atoms. The zero-order chi connectivity index (χ0) is 16.9. The Morgan fingerprint density at radius 1 is 1.17 bits per heavy atom. The number of nitrogens with one attached hydrogen (secondary N) is 1. The molecule has 1 N–H and O–H groups in total. The first-order valence-electron chi connectivity index (χ1n) is 8.46. The average Bonchev–Trinajstić information content (AvgIpc) is 3.41. The summed E-state index contributed by atoms with van der Waals surface area (Å²) < 4.78 is 5.97. The fraction of sp³-hybridized carbons (Fsp3) is 0.350. The van der Waals surface area contributed by atoms with E-state index in [9.17, 15) is 4.79 Å². The van der Waals surface area contributed by atoms with Crippen LogP contribution in [0.1, 0.15) is 19.8 Å². The molecule has 2 aromatic rings. The summed E-state index contributed by atoms with van der Waals surface area (Å²) >= 11 is 0. The zero-order valence-corrected chi connectivity index (χ0v) is 14.2. The second kappa shape index (κ2) is 7.39. The van der Waals surface area contributed by atoms with E-state index in [2.05, 4.69) is 12.2 Å². The highest BCUT2D eigenvalue weighted by Crippen LogP contribution is 2.33. The van der Waals surface area contributed by atoms with Crippen LogP contribution in [0.5, 0.6) is 11.5 Å². The third-order valence-corrected chi connectivity index (χ3v) is 4.35. The first kappa shape index (κ1) is 16.4. The molecule has 0 aromatic heterocycles. The molecule has 126 valence electrons. The van der Waals surface area contributed by atoms with Crippen molar-refractivity contribution < 1.29 is 9.53 Å². The molecule has 1 fully saturated rings. The lowest BCUT2D eigenvalue weighted by molar-refractivity contribution is -0.120. The first-order chi connectivity index (χ1) is 11.6. The number of hydrogen-bond donors (Lipinski definition) is 1. The van der Waals surface area contributed by atoms with E-state index in [1.54, 1.807) is 0 Å². The highest BCUT2D eigenvalue weighted by molar-refractivity contribution is 5.82. The molecule has 1 atom stereocenters. The fourth-order valence-corrected chi connectivity index (χ4v) is 2.79. The molecule has 4 nitrogen and oxygen atoms in total. The van der Waals surface area contributed by atoms with Gasteiger partial charge >= 0.3 is 0 Å². The van der Waals surface area contributed by atoms with Gasteiger partial charge in [0.25, 0.3) is 0 Å². The van der Waals surface area contributed by atoms with Crippen LogP contribution >= 0.6 is 0 Å². The maximum Gasteiger partial charge on any atom is 0.239 e. The summed E-state index contributed by atoms with van der Waals surface area (Å²) in [5.41, 5.74) is 0.899. The molecule has 1 amide bonds. The Hall–Kier alpha value is -2.49. The quantitative estimate of drug-likeness (QED) is 0.841. The molecule has 1 aliphatic rings. The Kier molecular flexibility index (Phi) is 5.04. The van der Waals surface area contributed by atoms with E-state index in [0.29, 0.717) is 12.5 Å². The summed E-state index contributed by atoms with van der Waals surface area (Å²) in [7, 11) is 1.91. The molecule has 24 heavy (non-hydrogen) atoms. The van der Waals surface area contributed by atoms with Gasteiger partial charge in [-0.1, -0.05) is 30.3 Å². The molecule has 0 spiro atoms. The average molecular weight is 324 g/mol. The maximum absolute atomic E-state index is 12.2. The number of para-hydroxylation sites is 3. The van der Waals surface area contributed by atoms with Crippen molar-refractivity contribution in [3.8, 4) is 11.5 Å². The molecular formula is C20H24N2O2. The van der Waals surface area contributed by atoms with Crippen molar-refractivity contribution in [1.29, 1.82) is 0 Å². The number of carbonyl (C=O) groups excluding carboxylic acids is 1. The van der Waals surface area contributed by atoms with Crippen molar-refractivity contribution in [2.24, 2.45) is 5.92 Å². The molecule has 3 rings (SSSR count). The molecule has 0 saturated heterocycles. The van der Waals surface area contributed by atoms with Gasteiger partial charge in [0.2, 0.25) is 5.91 Å². The van der Waals surface area contributed by atoms with Crippen LogP contribution in [0.4, 0.5) is 5.69 Å². The maximum atomic E-state index is 12.2. The van der Waals surface area contributed by atoms with Gasteiger partial charge in [0, 0.05) is 13.1 Å². The molecule has 0 radical (unpaired) electrons. The molecule has 1 aliphatic carbocycles. The van der Waals surface area contributed by atoms with Crippen LogP contribution in [0.25, 0.3) is 0 Å². The number of hydrogen-bond acceptors (Lipinski definition) is 3. The van der Waals surface area contributed by atoms with E-state index in [0.717, 1.165) is 17.2 Å². The molecule has 0 heterocycles. The fourth-order valence-electron chi connectivity index (χ4n) is 2.79. The minimum atomic E-state index is 0.0476. The van der Waals surface area contributed by atoms with Gasteiger partial charge in [-0.15, -0.1) is 0 Å². The van der Waals surface area contributed by atoms with Gasteiger partial charge in [0.1, 0.15) is 5.75 Å². The lowest BCUT2D eigenvalue weighted by Gasteiger charge is -2.23. The number of anilines is 1. The van der Waals surface area contributed by atoms with Gasteiger partial charge in [-0.25, -0.2) is 0 Å². The summed E-state index contributed by atoms with van der Waals surface area (Å²) in [5, 5.41) is 3.09. The molecule has 1 saturated carbocycles. The van der Waals surface area contributed by atoms with Crippen molar-refractivity contribution in [2.45, 2.75) is 25.8 Å². The van der Waals surface area contributed by atoms with Gasteiger partial charge in [-0.3, -0.25) is 4.79 Å². The third-order valence-electron chi connectivity index (χ3n) is 4.35. The number of rotatable bonds is 7. The van der Waals surface area contributed by atoms with Crippen molar-refractivity contribution in [3.05, 3.63) is 54.6 Å². The number of likely N-dealkylation sites (N-methyl/N-ethyl adjacent to an activating group) is 1. The Bertz CT molecular complexity index is 683. The van der Waals surface area contributed by atoms with Crippen LogP contribution in [-0.4, -0.2) is 25.5 Å². The highest BCUT2D eigenvalue weighted by Gasteiger charge is 2.29. The predicted molar refractivity (Wildman–Crippen MR) is 96.6 cm³/mol. The van der Waals surface area contributed by atoms with Crippen molar-refractivity contribution in [1.82, 2.24) is 5.32 Å². The summed E-state index contributed by atoms with van der Waals surface area (Å²) in [6.07, 6.45) is 2.45. The lowest BCUT2D eigenvalue weighted by Crippen LogP contribution is -2.40. The van der Waals surface area contributed by atoms with Crippen molar-refractivity contribution in [2.75, 3.05) is 18.5 Å². The van der Waals surface area contributed by atoms with Crippen LogP contribution < -0.4 is 15.0 Å². The van der Waals surface area contributed by atoms with Crippen LogP contribution in [0.15, 0.2) is 54.6 Å². The number of amides is 1. The van der Waals surface area contributed by atoms with Gasteiger partial charge in [0.05, 0.1) is 12.2 Å². The largest absolute Gasteiger partial charge is 0.455 e. The number of ether oxygens (including phenoxy) is 1. The minimum Gasteiger partial charge on any atom is -0.455 e. The number of carbonyl (C=O) groups is 1. The van der Waals surface area contributed by atoms with Crippen LogP contribution in [-0.2, 0) is 4.79 Å². The van der Waals surface area contributed by atoms with Gasteiger partial charge < -0.3 is 15.0 Å². The lowest BCUT2D eigenvalue weighted by atomic mass is 10.2. The van der Waals surface area contributed by atoms with Gasteiger partial charge in [-0.05, 0) is 49.9 Å². The van der Waals surface area contributed by atoms with E-state index in [1.807, 2.05) is 66.5 Å². The molecule has 1 unspecified atom stereocenters. The first-order valence-corrected chi connectivity index (χ1v) is 8.46. The van der Waals surface area contributed by atoms with Gasteiger partial charge in [0.15, 0.2) is 5.75 Å². The Morgan fingerprint density at radius 2 is 1.83 bits per heavy atom. The van der Waals surface area contributed by atoms with Gasteiger partial charge in [-0.2, -0.15) is 0 Å². The summed E-state index contributed by atoms with van der Waals surface area (Å²) in [4.78, 5) is 14.2. The summed E-state index contributed by atoms with van der Waals surface area (Å²) in [6, 6.07) is 17.7. The molecule has 0 aliphatic heterocycles. The zero-order valence-electron chi connectivity index (χ0n) is 14.2. The minimum absolute atomic E-state index is 0.0476. The predicted octanol–water partition coefficient (Wildman–Crippen LogP) is 3.83. The Balaban J connectivity index is 1.65. The van der Waals surface area contributed by atoms with E-state index in [4.69, 9.17) is 4.74 Å². The third kappa shape index (κ3) is 4.28. The van der Waals surface area contributed by atoms with E-state index in [-0.39, 0.29) is 11.9 Å².